The van der Waals surface area contributed by atoms with Crippen LogP contribution in [0.3, 0.4) is 0 Å². The lowest BCUT2D eigenvalue weighted by atomic mass is 9.98. The second-order valence-electron chi connectivity index (χ2n) is 7.73. The average molecular weight is 426 g/mol. The number of methoxy groups -OCH3 is 1. The fourth-order valence-corrected chi connectivity index (χ4v) is 3.96. The van der Waals surface area contributed by atoms with Crippen molar-refractivity contribution in [2.75, 3.05) is 20.7 Å². The molecule has 1 atom stereocenters. The van der Waals surface area contributed by atoms with Gasteiger partial charge in [0.2, 0.25) is 5.91 Å². The van der Waals surface area contributed by atoms with E-state index in [2.05, 4.69) is 5.10 Å². The standard InChI is InChI=1S/C23H24ClN3O3/c1-26(23(29)15-10-11-15)14-22(28)27-21(18-8-3-4-9-19(18)24)13-20(25-27)16-6-5-7-17(12-16)30-2/h3-9,12,15,21H,10-11,13-14H2,1-2H3/t21-/m0/s1. The fourth-order valence-electron chi connectivity index (χ4n) is 3.70. The molecule has 2 aromatic carbocycles. The molecule has 0 saturated heterocycles. The van der Waals surface area contributed by atoms with Crippen molar-refractivity contribution in [1.29, 1.82) is 0 Å². The van der Waals surface area contributed by atoms with Gasteiger partial charge in [-0.1, -0.05) is 41.9 Å². The predicted octanol–water partition coefficient (Wildman–Crippen LogP) is 3.89. The van der Waals surface area contributed by atoms with Crippen molar-refractivity contribution in [1.82, 2.24) is 9.91 Å². The largest absolute Gasteiger partial charge is 0.497 e. The molecule has 0 bridgehead atoms. The number of amides is 2. The predicted molar refractivity (Wildman–Crippen MR) is 116 cm³/mol. The van der Waals surface area contributed by atoms with Crippen molar-refractivity contribution in [2.24, 2.45) is 11.0 Å². The fraction of sp³-hybridized carbons (Fsp3) is 0.348. The van der Waals surface area contributed by atoms with Crippen LogP contribution in [0.1, 0.15) is 36.4 Å². The zero-order valence-electron chi connectivity index (χ0n) is 17.0. The molecule has 6 nitrogen and oxygen atoms in total. The van der Waals surface area contributed by atoms with E-state index in [0.717, 1.165) is 35.4 Å². The van der Waals surface area contributed by atoms with Crippen LogP contribution in [0.5, 0.6) is 5.75 Å². The molecule has 2 aliphatic rings. The van der Waals surface area contributed by atoms with Crippen LogP contribution >= 0.6 is 11.6 Å². The Morgan fingerprint density at radius 3 is 2.67 bits per heavy atom. The summed E-state index contributed by atoms with van der Waals surface area (Å²) in [7, 11) is 3.29. The first kappa shape index (κ1) is 20.4. The summed E-state index contributed by atoms with van der Waals surface area (Å²) in [5.74, 6) is 0.587. The number of benzene rings is 2. The van der Waals surface area contributed by atoms with Crippen LogP contribution < -0.4 is 4.74 Å². The highest BCUT2D eigenvalue weighted by Gasteiger charge is 2.37. The van der Waals surface area contributed by atoms with Crippen molar-refractivity contribution in [3.8, 4) is 5.75 Å². The summed E-state index contributed by atoms with van der Waals surface area (Å²) in [6.45, 7) is -0.00875. The van der Waals surface area contributed by atoms with Crippen molar-refractivity contribution in [3.63, 3.8) is 0 Å². The molecule has 1 heterocycles. The third-order valence-corrected chi connectivity index (χ3v) is 5.85. The molecule has 2 aromatic rings. The van der Waals surface area contributed by atoms with E-state index in [1.165, 1.54) is 9.91 Å². The molecule has 0 radical (unpaired) electrons. The van der Waals surface area contributed by atoms with Gasteiger partial charge in [0.15, 0.2) is 0 Å². The molecule has 0 spiro atoms. The number of hydrogen-bond donors (Lipinski definition) is 0. The lowest BCUT2D eigenvalue weighted by Gasteiger charge is -2.25. The Hall–Kier alpha value is -2.86. The number of ether oxygens (including phenoxy) is 1. The number of carbonyl (C=O) groups is 2. The summed E-state index contributed by atoms with van der Waals surface area (Å²) in [6.07, 6.45) is 2.34. The lowest BCUT2D eigenvalue weighted by Crippen LogP contribution is -2.39. The molecule has 1 aliphatic heterocycles. The van der Waals surface area contributed by atoms with Gasteiger partial charge in [-0.2, -0.15) is 5.10 Å². The van der Waals surface area contributed by atoms with Crippen LogP contribution in [0, 0.1) is 5.92 Å². The van der Waals surface area contributed by atoms with E-state index in [1.54, 1.807) is 14.2 Å². The zero-order valence-corrected chi connectivity index (χ0v) is 17.8. The number of rotatable bonds is 6. The third-order valence-electron chi connectivity index (χ3n) is 5.51. The Kier molecular flexibility index (Phi) is 5.77. The van der Waals surface area contributed by atoms with Gasteiger partial charge in [0.05, 0.1) is 18.9 Å². The van der Waals surface area contributed by atoms with E-state index in [-0.39, 0.29) is 30.3 Å². The minimum Gasteiger partial charge on any atom is -0.497 e. The molecule has 1 aliphatic carbocycles. The van der Waals surface area contributed by atoms with Crippen LogP contribution in [0.25, 0.3) is 0 Å². The average Bonchev–Trinajstić information content (AvgIpc) is 3.51. The van der Waals surface area contributed by atoms with Gasteiger partial charge in [-0.25, -0.2) is 5.01 Å². The Morgan fingerprint density at radius 2 is 1.97 bits per heavy atom. The number of halogens is 1. The van der Waals surface area contributed by atoms with Gasteiger partial charge in [0.25, 0.3) is 5.91 Å². The van der Waals surface area contributed by atoms with Crippen molar-refractivity contribution >= 4 is 29.1 Å². The van der Waals surface area contributed by atoms with E-state index in [9.17, 15) is 9.59 Å². The number of hydrazone groups is 1. The Balaban J connectivity index is 1.63. The molecule has 7 heteroatoms. The summed E-state index contributed by atoms with van der Waals surface area (Å²) in [6, 6.07) is 14.8. The zero-order chi connectivity index (χ0) is 21.3. The van der Waals surface area contributed by atoms with Crippen LogP contribution in [-0.4, -0.2) is 48.1 Å². The van der Waals surface area contributed by atoms with E-state index in [4.69, 9.17) is 16.3 Å². The maximum absolute atomic E-state index is 13.2. The molecule has 1 saturated carbocycles. The second-order valence-corrected chi connectivity index (χ2v) is 8.13. The van der Waals surface area contributed by atoms with Crippen molar-refractivity contribution in [3.05, 3.63) is 64.7 Å². The molecule has 30 heavy (non-hydrogen) atoms. The lowest BCUT2D eigenvalue weighted by molar-refractivity contribution is -0.141. The minimum absolute atomic E-state index is 0.00875. The monoisotopic (exact) mass is 425 g/mol. The van der Waals surface area contributed by atoms with Crippen LogP contribution in [0.4, 0.5) is 0 Å². The van der Waals surface area contributed by atoms with Gasteiger partial charge >= 0.3 is 0 Å². The number of carbonyl (C=O) groups excluding carboxylic acids is 2. The van der Waals surface area contributed by atoms with Gasteiger partial charge in [0.1, 0.15) is 12.3 Å². The van der Waals surface area contributed by atoms with Crippen LogP contribution in [0.2, 0.25) is 5.02 Å². The van der Waals surface area contributed by atoms with Gasteiger partial charge < -0.3 is 9.64 Å². The molecule has 1 fully saturated rings. The summed E-state index contributed by atoms with van der Waals surface area (Å²) in [5.41, 5.74) is 2.51. The molecule has 0 aromatic heterocycles. The Bertz CT molecular complexity index is 1000. The molecule has 156 valence electrons. The minimum atomic E-state index is -0.322. The Labute approximate surface area is 181 Å². The van der Waals surface area contributed by atoms with E-state index >= 15 is 0 Å². The summed E-state index contributed by atoms with van der Waals surface area (Å²) in [4.78, 5) is 27.0. The highest BCUT2D eigenvalue weighted by Crippen LogP contribution is 2.37. The maximum atomic E-state index is 13.2. The van der Waals surface area contributed by atoms with Crippen molar-refractivity contribution < 1.29 is 14.3 Å². The van der Waals surface area contributed by atoms with Gasteiger partial charge in [-0.3, -0.25) is 9.59 Å². The second kappa shape index (κ2) is 8.48. The summed E-state index contributed by atoms with van der Waals surface area (Å²) in [5, 5.41) is 6.72. The molecular formula is C23H24ClN3O3. The first-order valence-corrected chi connectivity index (χ1v) is 10.4. The number of nitrogens with zero attached hydrogens (tertiary/aromatic N) is 3. The summed E-state index contributed by atoms with van der Waals surface area (Å²) < 4.78 is 5.33. The van der Waals surface area contributed by atoms with Gasteiger partial charge in [-0.05, 0) is 36.6 Å². The molecule has 2 amide bonds. The van der Waals surface area contributed by atoms with Gasteiger partial charge in [0, 0.05) is 30.0 Å². The van der Waals surface area contributed by atoms with E-state index < -0.39 is 0 Å². The first-order chi connectivity index (χ1) is 14.5. The normalized spacial score (nSPS) is 18.2. The van der Waals surface area contributed by atoms with Crippen LogP contribution in [0.15, 0.2) is 53.6 Å². The van der Waals surface area contributed by atoms with E-state index in [0.29, 0.717) is 11.4 Å². The topological polar surface area (TPSA) is 62.2 Å². The molecule has 0 N–H and O–H groups in total. The summed E-state index contributed by atoms with van der Waals surface area (Å²) >= 11 is 6.45. The number of hydrogen-bond acceptors (Lipinski definition) is 4. The SMILES string of the molecule is COc1cccc(C2=NN(C(=O)CN(C)C(=O)C3CC3)[C@H](c3ccccc3Cl)C2)c1. The van der Waals surface area contributed by atoms with Crippen molar-refractivity contribution in [2.45, 2.75) is 25.3 Å². The first-order valence-electron chi connectivity index (χ1n) is 10.0. The molecular weight excluding hydrogens is 402 g/mol. The smallest absolute Gasteiger partial charge is 0.262 e. The van der Waals surface area contributed by atoms with Gasteiger partial charge in [-0.15, -0.1) is 0 Å². The Morgan fingerprint density at radius 1 is 1.20 bits per heavy atom. The maximum Gasteiger partial charge on any atom is 0.262 e. The number of likely N-dealkylation sites (N-methyl/N-ethyl adjacent to an activating group) is 1. The van der Waals surface area contributed by atoms with Crippen LogP contribution in [-0.2, 0) is 9.59 Å². The third kappa shape index (κ3) is 4.19. The molecule has 4 rings (SSSR count). The molecule has 0 unspecified atom stereocenters. The highest BCUT2D eigenvalue weighted by atomic mass is 35.5. The quantitative estimate of drug-likeness (QED) is 0.705. The van der Waals surface area contributed by atoms with E-state index in [1.807, 2.05) is 48.5 Å². The highest BCUT2D eigenvalue weighted by molar-refractivity contribution is 6.31.